The minimum atomic E-state index is -1.24. The molecule has 0 aromatic carbocycles. The zero-order chi connectivity index (χ0) is 23.7. The first kappa shape index (κ1) is 25.6. The first-order chi connectivity index (χ1) is 15.3. The third-order valence-corrected chi connectivity index (χ3v) is 4.64. The Bertz CT molecular complexity index is 1020. The number of carbonyl (C=O) groups is 1. The molecule has 0 radical (unpaired) electrons. The predicted molar refractivity (Wildman–Crippen MR) is 117 cm³/mol. The van der Waals surface area contributed by atoms with Gasteiger partial charge in [0.05, 0.1) is 39.2 Å². The van der Waals surface area contributed by atoms with Crippen molar-refractivity contribution in [1.29, 1.82) is 0 Å². The summed E-state index contributed by atoms with van der Waals surface area (Å²) in [6.45, 7) is 0.471. The minimum Gasteiger partial charge on any atom is -0.394 e. The number of ether oxygens (including phenoxy) is 1. The van der Waals surface area contributed by atoms with Gasteiger partial charge in [0.25, 0.3) is 0 Å². The topological polar surface area (TPSA) is 204 Å². The van der Waals surface area contributed by atoms with E-state index in [0.717, 1.165) is 0 Å². The van der Waals surface area contributed by atoms with Crippen LogP contribution in [0.5, 0.6) is 0 Å². The summed E-state index contributed by atoms with van der Waals surface area (Å²) >= 11 is 5.28. The lowest BCUT2D eigenvalue weighted by Gasteiger charge is -2.24. The number of aliphatic hydroxyl groups is 4. The summed E-state index contributed by atoms with van der Waals surface area (Å²) in [5, 5.41) is 42.4. The van der Waals surface area contributed by atoms with E-state index < -0.39 is 50.2 Å². The van der Waals surface area contributed by atoms with E-state index in [4.69, 9.17) is 32.9 Å². The van der Waals surface area contributed by atoms with Gasteiger partial charge in [-0.1, -0.05) is 24.1 Å². The quantitative estimate of drug-likeness (QED) is 0.129. The van der Waals surface area contributed by atoms with Crippen molar-refractivity contribution in [3.8, 4) is 11.8 Å². The number of rotatable bonds is 11. The summed E-state index contributed by atoms with van der Waals surface area (Å²) < 4.78 is 7.48. The third kappa shape index (κ3) is 6.68. The Labute approximate surface area is 188 Å². The van der Waals surface area contributed by atoms with Crippen LogP contribution in [0.4, 0.5) is 5.95 Å². The van der Waals surface area contributed by atoms with Gasteiger partial charge in [0, 0.05) is 0 Å². The van der Waals surface area contributed by atoms with Crippen molar-refractivity contribution in [1.82, 2.24) is 24.8 Å². The van der Waals surface area contributed by atoms with E-state index in [2.05, 4.69) is 37.4 Å². The van der Waals surface area contributed by atoms with Gasteiger partial charge in [-0.3, -0.25) is 9.36 Å². The summed E-state index contributed by atoms with van der Waals surface area (Å²) in [5.41, 5.74) is 6.30. The number of hydrogen-bond donors (Lipinski definition) is 8. The van der Waals surface area contributed by atoms with Crippen molar-refractivity contribution < 1.29 is 30.0 Å². The number of H-pyrrole nitrogens is 1. The van der Waals surface area contributed by atoms with Gasteiger partial charge in [-0.15, -0.1) is 0 Å². The van der Waals surface area contributed by atoms with E-state index in [9.17, 15) is 15.0 Å². The normalized spacial score (nSPS) is 14.8. The van der Waals surface area contributed by atoms with Gasteiger partial charge in [-0.25, -0.2) is 9.97 Å². The van der Waals surface area contributed by atoms with Gasteiger partial charge in [0.2, 0.25) is 11.9 Å². The molecule has 1 amide bonds. The molecule has 9 N–H and O–H groups in total. The fraction of sp³-hybridized carbons (Fsp3) is 0.556. The second-order valence-electron chi connectivity index (χ2n) is 6.66. The molecule has 0 fully saturated rings. The van der Waals surface area contributed by atoms with Crippen LogP contribution >= 0.6 is 12.2 Å². The fourth-order valence-corrected chi connectivity index (χ4v) is 2.83. The number of hydrogen-bond acceptors (Lipinski definition) is 11. The lowest BCUT2D eigenvalue weighted by atomic mass is 10.2. The summed E-state index contributed by atoms with van der Waals surface area (Å²) in [4.78, 5) is 22.9. The Morgan fingerprint density at radius 2 is 2.03 bits per heavy atom. The zero-order valence-corrected chi connectivity index (χ0v) is 18.2. The molecule has 0 aliphatic rings. The van der Waals surface area contributed by atoms with E-state index >= 15 is 0 Å². The van der Waals surface area contributed by atoms with Crippen molar-refractivity contribution in [3.63, 3.8) is 0 Å². The first-order valence-electron chi connectivity index (χ1n) is 9.68. The van der Waals surface area contributed by atoms with Crippen molar-refractivity contribution in [2.75, 3.05) is 38.2 Å². The molecule has 2 rings (SSSR count). The van der Waals surface area contributed by atoms with Crippen LogP contribution in [-0.4, -0.2) is 97.0 Å². The largest absolute Gasteiger partial charge is 0.394 e. The molecule has 14 heteroatoms. The average molecular weight is 470 g/mol. The molecule has 176 valence electrons. The monoisotopic (exact) mass is 469 g/mol. The number of aromatic amines is 1. The second-order valence-corrected chi connectivity index (χ2v) is 7.05. The van der Waals surface area contributed by atoms with E-state index in [-0.39, 0.29) is 17.7 Å². The summed E-state index contributed by atoms with van der Waals surface area (Å²) in [6.07, 6.45) is -1.41. The number of nitrogens with two attached hydrogens (primary N) is 1. The highest BCUT2D eigenvalue weighted by Crippen LogP contribution is 2.20. The van der Waals surface area contributed by atoms with Crippen LogP contribution in [-0.2, 0) is 9.53 Å². The number of anilines is 1. The molecule has 2 aromatic heterocycles. The smallest absolute Gasteiger partial charge is 0.240 e. The number of imidazole rings is 1. The molecule has 0 bridgehead atoms. The number of nitrogens with one attached hydrogen (secondary N) is 3. The van der Waals surface area contributed by atoms with Crippen LogP contribution in [0.2, 0.25) is 0 Å². The molecule has 32 heavy (non-hydrogen) atoms. The van der Waals surface area contributed by atoms with E-state index in [0.29, 0.717) is 17.1 Å². The summed E-state index contributed by atoms with van der Waals surface area (Å²) in [5.74, 6) is 5.36. The fourth-order valence-electron chi connectivity index (χ4n) is 2.59. The number of carbonyl (C=O) groups excluding carboxylic acids is 1. The molecule has 2 aromatic rings. The summed E-state index contributed by atoms with van der Waals surface area (Å²) in [6, 6.07) is -0.985. The number of fused-ring (bicyclic) bond motifs is 1. The predicted octanol–water partition coefficient (Wildman–Crippen LogP) is -2.41. The maximum atomic E-state index is 11.4. The molecule has 0 saturated carbocycles. The number of amides is 1. The van der Waals surface area contributed by atoms with E-state index in [1.807, 2.05) is 0 Å². The zero-order valence-electron chi connectivity index (χ0n) is 17.4. The Kier molecular flexibility index (Phi) is 9.94. The van der Waals surface area contributed by atoms with Gasteiger partial charge < -0.3 is 46.5 Å². The van der Waals surface area contributed by atoms with Crippen molar-refractivity contribution in [2.45, 2.75) is 31.4 Å². The Morgan fingerprint density at radius 3 is 2.69 bits per heavy atom. The molecule has 2 unspecified atom stereocenters. The van der Waals surface area contributed by atoms with E-state index in [1.54, 1.807) is 11.5 Å². The maximum Gasteiger partial charge on any atom is 0.240 e. The number of nitrogens with zero attached hydrogens (tertiary/aromatic N) is 3. The van der Waals surface area contributed by atoms with Gasteiger partial charge in [-0.05, 0) is 6.92 Å². The van der Waals surface area contributed by atoms with Gasteiger partial charge in [0.1, 0.15) is 35.6 Å². The van der Waals surface area contributed by atoms with Crippen molar-refractivity contribution >= 4 is 35.2 Å². The second kappa shape index (κ2) is 12.4. The van der Waals surface area contributed by atoms with Crippen LogP contribution in [0.15, 0.2) is 6.33 Å². The van der Waals surface area contributed by atoms with Crippen molar-refractivity contribution in [2.24, 2.45) is 5.73 Å². The molecule has 0 aliphatic carbocycles. The van der Waals surface area contributed by atoms with Gasteiger partial charge in [0.15, 0.2) is 4.64 Å². The highest BCUT2D eigenvalue weighted by molar-refractivity contribution is 7.71. The SMILES string of the molecule is CC(O[C@H](CO)[C@H](O)CO)n1cnc2c(=S)nc(NCC#CCNC(=O)C(N)CO)[nH]c21. The maximum absolute atomic E-state index is 11.4. The van der Waals surface area contributed by atoms with Gasteiger partial charge in [-0.2, -0.15) is 0 Å². The molecule has 4 atom stereocenters. The first-order valence-corrected chi connectivity index (χ1v) is 10.1. The lowest BCUT2D eigenvalue weighted by Crippen LogP contribution is -2.43. The molecule has 0 spiro atoms. The highest BCUT2D eigenvalue weighted by Gasteiger charge is 2.23. The number of aliphatic hydroxyl groups excluding tert-OH is 4. The molecular weight excluding hydrogens is 442 g/mol. The molecular formula is C18H27N7O6S. The average Bonchev–Trinajstić information content (AvgIpc) is 3.23. The Balaban J connectivity index is 2.06. The molecule has 2 heterocycles. The molecule has 13 nitrogen and oxygen atoms in total. The number of aromatic nitrogens is 4. The van der Waals surface area contributed by atoms with Crippen molar-refractivity contribution in [3.05, 3.63) is 11.0 Å². The lowest BCUT2D eigenvalue weighted by molar-refractivity contribution is -0.125. The van der Waals surface area contributed by atoms with Crippen LogP contribution in [0.25, 0.3) is 11.2 Å². The molecule has 0 aliphatic heterocycles. The van der Waals surface area contributed by atoms with Crippen LogP contribution < -0.4 is 16.4 Å². The van der Waals surface area contributed by atoms with Crippen LogP contribution in [0, 0.1) is 16.5 Å². The minimum absolute atomic E-state index is 0.0734. The Hall–Kier alpha value is -2.64. The molecule has 0 saturated heterocycles. The summed E-state index contributed by atoms with van der Waals surface area (Å²) in [7, 11) is 0. The standard InChI is InChI=1S/C18H27N7O6S/c1-10(31-13(8-28)12(29)7-27)25-9-22-14-15(25)23-18(24-17(14)32)21-5-3-2-4-20-16(30)11(19)6-26/h9-13,26-29H,4-8,19H2,1H3,(H,20,30)(H2,21,23,24,32)/t10?,11?,12-,13-/m1/s1. The van der Waals surface area contributed by atoms with Crippen LogP contribution in [0.3, 0.4) is 0 Å². The third-order valence-electron chi connectivity index (χ3n) is 4.36. The van der Waals surface area contributed by atoms with Crippen LogP contribution in [0.1, 0.15) is 13.2 Å². The Morgan fingerprint density at radius 1 is 1.31 bits per heavy atom. The van der Waals surface area contributed by atoms with Gasteiger partial charge >= 0.3 is 0 Å². The van der Waals surface area contributed by atoms with E-state index in [1.165, 1.54) is 6.33 Å². The highest BCUT2D eigenvalue weighted by atomic mass is 32.1.